The van der Waals surface area contributed by atoms with E-state index in [-0.39, 0.29) is 19.3 Å². The summed E-state index contributed by atoms with van der Waals surface area (Å²) >= 11 is 3.18. The van der Waals surface area contributed by atoms with Crippen LogP contribution in [0.3, 0.4) is 0 Å². The summed E-state index contributed by atoms with van der Waals surface area (Å²) in [4.78, 5) is 13.4. The maximum Gasteiger partial charge on any atom is 0.321 e. The molecule has 24 heavy (non-hydrogen) atoms. The number of urea groups is 1. The molecule has 0 saturated heterocycles. The lowest BCUT2D eigenvalue weighted by Gasteiger charge is -2.21. The van der Waals surface area contributed by atoms with Gasteiger partial charge in [0.05, 0.1) is 44.3 Å². The molecule has 0 bridgehead atoms. The van der Waals surface area contributed by atoms with Gasteiger partial charge in [0.2, 0.25) is 0 Å². The van der Waals surface area contributed by atoms with Crippen molar-refractivity contribution in [3.63, 3.8) is 0 Å². The fourth-order valence-corrected chi connectivity index (χ4v) is 2.27. The normalized spacial score (nSPS) is 12.3. The number of aliphatic hydroxyl groups excluding tert-OH is 1. The van der Waals surface area contributed by atoms with Crippen molar-refractivity contribution in [2.24, 2.45) is 0 Å². The van der Waals surface area contributed by atoms with Crippen LogP contribution in [0.4, 0.5) is 14.9 Å². The number of anilines is 1. The Balaban J connectivity index is 2.32. The molecule has 8 heteroatoms. The quantitative estimate of drug-likeness (QED) is 0.618. The van der Waals surface area contributed by atoms with Crippen molar-refractivity contribution in [3.8, 4) is 0 Å². The van der Waals surface area contributed by atoms with Crippen LogP contribution in [0.1, 0.15) is 13.8 Å². The van der Waals surface area contributed by atoms with Gasteiger partial charge >= 0.3 is 6.03 Å². The highest BCUT2D eigenvalue weighted by molar-refractivity contribution is 9.10. The Morgan fingerprint density at radius 3 is 2.75 bits per heavy atom. The Hall–Kier alpha value is -1.22. The van der Waals surface area contributed by atoms with Gasteiger partial charge in [-0.15, -0.1) is 0 Å². The van der Waals surface area contributed by atoms with Gasteiger partial charge in [-0.2, -0.15) is 0 Å². The Labute approximate surface area is 150 Å². The molecule has 136 valence electrons. The molecule has 1 unspecified atom stereocenters. The molecule has 1 atom stereocenters. The van der Waals surface area contributed by atoms with Gasteiger partial charge in [0, 0.05) is 11.5 Å². The monoisotopic (exact) mass is 406 g/mol. The topological polar surface area (TPSA) is 71.0 Å². The van der Waals surface area contributed by atoms with Crippen molar-refractivity contribution < 1.29 is 23.8 Å². The number of hydrogen-bond donors (Lipinski definition) is 2. The largest absolute Gasteiger partial charge is 0.389 e. The van der Waals surface area contributed by atoms with Gasteiger partial charge in [0.1, 0.15) is 5.82 Å². The number of carbonyl (C=O) groups excluding carboxylic acids is 1. The van der Waals surface area contributed by atoms with Gasteiger partial charge in [0.15, 0.2) is 0 Å². The third kappa shape index (κ3) is 8.05. The summed E-state index contributed by atoms with van der Waals surface area (Å²) < 4.78 is 24.1. The van der Waals surface area contributed by atoms with Crippen molar-refractivity contribution in [3.05, 3.63) is 28.5 Å². The first kappa shape index (κ1) is 20.8. The first-order chi connectivity index (χ1) is 11.3. The SMILES string of the molecule is CC(C)OCCOCC(O)CN(C)C(=O)Nc1ccc(F)cc1Br. The Bertz CT molecular complexity index is 531. The molecule has 0 aliphatic heterocycles. The molecule has 0 fully saturated rings. The zero-order valence-corrected chi connectivity index (χ0v) is 15.7. The first-order valence-corrected chi connectivity index (χ1v) is 8.43. The van der Waals surface area contributed by atoms with Gasteiger partial charge in [-0.25, -0.2) is 9.18 Å². The van der Waals surface area contributed by atoms with Crippen LogP contribution in [0.2, 0.25) is 0 Å². The molecule has 0 radical (unpaired) electrons. The number of halogens is 2. The fraction of sp³-hybridized carbons (Fsp3) is 0.562. The van der Waals surface area contributed by atoms with Crippen LogP contribution >= 0.6 is 15.9 Å². The molecule has 0 aliphatic carbocycles. The standard InChI is InChI=1S/C16H24BrFN2O4/c1-11(2)24-7-6-23-10-13(21)9-20(3)16(22)19-15-5-4-12(18)8-14(15)17/h4-5,8,11,13,21H,6-7,9-10H2,1-3H3,(H,19,22). The van der Waals surface area contributed by atoms with Gasteiger partial charge in [-0.3, -0.25) is 0 Å². The number of hydrogen-bond acceptors (Lipinski definition) is 4. The van der Waals surface area contributed by atoms with Gasteiger partial charge < -0.3 is 24.8 Å². The van der Waals surface area contributed by atoms with Crippen LogP contribution < -0.4 is 5.32 Å². The predicted octanol–water partition coefficient (Wildman–Crippen LogP) is 2.85. The molecule has 1 aromatic rings. The first-order valence-electron chi connectivity index (χ1n) is 7.64. The summed E-state index contributed by atoms with van der Waals surface area (Å²) in [6.07, 6.45) is -0.671. The molecule has 0 aliphatic rings. The number of nitrogens with one attached hydrogen (secondary N) is 1. The van der Waals surface area contributed by atoms with Crippen molar-refractivity contribution in [2.75, 3.05) is 38.7 Å². The molecule has 1 rings (SSSR count). The highest BCUT2D eigenvalue weighted by atomic mass is 79.9. The summed E-state index contributed by atoms with van der Waals surface area (Å²) in [7, 11) is 1.55. The molecular formula is C16H24BrFN2O4. The smallest absolute Gasteiger partial charge is 0.321 e. The molecule has 2 N–H and O–H groups in total. The van der Waals surface area contributed by atoms with E-state index in [2.05, 4.69) is 21.2 Å². The molecular weight excluding hydrogens is 383 g/mol. The second-order valence-corrected chi connectivity index (χ2v) is 6.44. The van der Waals surface area contributed by atoms with E-state index in [4.69, 9.17) is 9.47 Å². The highest BCUT2D eigenvalue weighted by Crippen LogP contribution is 2.23. The minimum absolute atomic E-state index is 0.107. The maximum absolute atomic E-state index is 13.0. The molecule has 0 heterocycles. The van der Waals surface area contributed by atoms with Gasteiger partial charge in [-0.05, 0) is 48.0 Å². The molecule has 0 saturated carbocycles. The number of nitrogens with zero attached hydrogens (tertiary/aromatic N) is 1. The molecule has 2 amide bonds. The second-order valence-electron chi connectivity index (χ2n) is 5.58. The minimum atomic E-state index is -0.809. The number of likely N-dealkylation sites (N-methyl/N-ethyl adjacent to an activating group) is 1. The van der Waals surface area contributed by atoms with Gasteiger partial charge in [-0.1, -0.05) is 0 Å². The lowest BCUT2D eigenvalue weighted by molar-refractivity contribution is -0.0144. The van der Waals surface area contributed by atoms with Crippen LogP contribution in [-0.4, -0.2) is 61.7 Å². The van der Waals surface area contributed by atoms with E-state index >= 15 is 0 Å². The maximum atomic E-state index is 13.0. The number of benzene rings is 1. The molecule has 0 aromatic heterocycles. The van der Waals surface area contributed by atoms with Crippen LogP contribution in [0.15, 0.2) is 22.7 Å². The average Bonchev–Trinajstić information content (AvgIpc) is 2.49. The van der Waals surface area contributed by atoms with E-state index in [0.29, 0.717) is 23.4 Å². The number of amides is 2. The number of aliphatic hydroxyl groups is 1. The summed E-state index contributed by atoms with van der Waals surface area (Å²) in [6.45, 7) is 4.92. The average molecular weight is 407 g/mol. The third-order valence-corrected chi connectivity index (χ3v) is 3.65. The number of ether oxygens (including phenoxy) is 2. The van der Waals surface area contributed by atoms with Crippen molar-refractivity contribution >= 4 is 27.6 Å². The van der Waals surface area contributed by atoms with Crippen LogP contribution in [0.25, 0.3) is 0 Å². The summed E-state index contributed by atoms with van der Waals surface area (Å²) in [5.41, 5.74) is 0.449. The number of rotatable bonds is 9. The molecule has 0 spiro atoms. The lowest BCUT2D eigenvalue weighted by atomic mass is 10.3. The Morgan fingerprint density at radius 2 is 2.12 bits per heavy atom. The molecule has 6 nitrogen and oxygen atoms in total. The van der Waals surface area contributed by atoms with E-state index in [9.17, 15) is 14.3 Å². The number of carbonyl (C=O) groups is 1. The van der Waals surface area contributed by atoms with E-state index in [1.807, 2.05) is 13.8 Å². The Morgan fingerprint density at radius 1 is 1.42 bits per heavy atom. The fourth-order valence-electron chi connectivity index (χ4n) is 1.82. The molecule has 1 aromatic carbocycles. The summed E-state index contributed by atoms with van der Waals surface area (Å²) in [6, 6.07) is 3.56. The minimum Gasteiger partial charge on any atom is -0.389 e. The van der Waals surface area contributed by atoms with Crippen LogP contribution in [0, 0.1) is 5.82 Å². The van der Waals surface area contributed by atoms with Crippen LogP contribution in [-0.2, 0) is 9.47 Å². The summed E-state index contributed by atoms with van der Waals surface area (Å²) in [5, 5.41) is 12.5. The summed E-state index contributed by atoms with van der Waals surface area (Å²) in [5.74, 6) is -0.401. The van der Waals surface area contributed by atoms with Crippen molar-refractivity contribution in [1.82, 2.24) is 4.90 Å². The van der Waals surface area contributed by atoms with E-state index in [0.717, 1.165) is 0 Å². The van der Waals surface area contributed by atoms with Gasteiger partial charge in [0.25, 0.3) is 0 Å². The van der Waals surface area contributed by atoms with Crippen molar-refractivity contribution in [1.29, 1.82) is 0 Å². The van der Waals surface area contributed by atoms with E-state index in [1.165, 1.54) is 23.1 Å². The zero-order chi connectivity index (χ0) is 18.1. The zero-order valence-electron chi connectivity index (χ0n) is 14.1. The van der Waals surface area contributed by atoms with E-state index < -0.39 is 18.0 Å². The highest BCUT2D eigenvalue weighted by Gasteiger charge is 2.15. The van der Waals surface area contributed by atoms with E-state index in [1.54, 1.807) is 7.05 Å². The predicted molar refractivity (Wildman–Crippen MR) is 93.7 cm³/mol. The Kier molecular flexibility index (Phi) is 9.20. The third-order valence-electron chi connectivity index (χ3n) is 2.99. The van der Waals surface area contributed by atoms with Crippen LogP contribution in [0.5, 0.6) is 0 Å². The lowest BCUT2D eigenvalue weighted by Crippen LogP contribution is -2.39. The second kappa shape index (κ2) is 10.6. The van der Waals surface area contributed by atoms with Crippen molar-refractivity contribution in [2.45, 2.75) is 26.1 Å².